The largest absolute Gasteiger partial charge is 0.308 e. The lowest BCUT2D eigenvalue weighted by Gasteiger charge is -2.05. The first kappa shape index (κ1) is 16.4. The van der Waals surface area contributed by atoms with Gasteiger partial charge in [-0.25, -0.2) is 0 Å². The minimum atomic E-state index is -0.161. The third-order valence-corrected chi connectivity index (χ3v) is 4.47. The number of nitrogens with zero attached hydrogens (tertiary/aromatic N) is 4. The number of benzene rings is 1. The molecule has 1 N–H and O–H groups in total. The lowest BCUT2D eigenvalue weighted by molar-refractivity contribution is -0.116. The predicted molar refractivity (Wildman–Crippen MR) is 95.8 cm³/mol. The van der Waals surface area contributed by atoms with Gasteiger partial charge in [-0.3, -0.25) is 14.2 Å². The highest BCUT2D eigenvalue weighted by molar-refractivity contribution is 9.10. The molecule has 3 aromatic rings. The Morgan fingerprint density at radius 1 is 1.17 bits per heavy atom. The second-order valence-electron chi connectivity index (χ2n) is 5.63. The molecule has 1 aromatic carbocycles. The van der Waals surface area contributed by atoms with E-state index in [2.05, 4.69) is 50.5 Å². The Kier molecular flexibility index (Phi) is 4.80. The van der Waals surface area contributed by atoms with Crippen LogP contribution in [0.5, 0.6) is 0 Å². The van der Waals surface area contributed by atoms with Gasteiger partial charge in [0, 0.05) is 18.5 Å². The smallest absolute Gasteiger partial charge is 0.247 e. The maximum absolute atomic E-state index is 12.1. The number of carbonyl (C=O) groups is 1. The van der Waals surface area contributed by atoms with Gasteiger partial charge in [0.1, 0.15) is 6.54 Å². The minimum Gasteiger partial charge on any atom is -0.308 e. The van der Waals surface area contributed by atoms with E-state index in [9.17, 15) is 4.79 Å². The van der Waals surface area contributed by atoms with E-state index in [-0.39, 0.29) is 12.5 Å². The van der Waals surface area contributed by atoms with Crippen LogP contribution in [0.25, 0.3) is 0 Å². The number of aryl methyl sites for hydroxylation is 2. The maximum atomic E-state index is 12.1. The molecule has 124 valence electrons. The Balaban J connectivity index is 1.61. The summed E-state index contributed by atoms with van der Waals surface area (Å²) in [6.07, 6.45) is 3.64. The Morgan fingerprint density at radius 3 is 2.67 bits per heavy atom. The summed E-state index contributed by atoms with van der Waals surface area (Å²) in [6.45, 7) is 4.78. The molecule has 0 bridgehead atoms. The fraction of sp³-hybridized carbons (Fsp3) is 0.235. The third-order valence-electron chi connectivity index (χ3n) is 3.69. The number of nitrogens with one attached hydrogen (secondary N) is 1. The van der Waals surface area contributed by atoms with Gasteiger partial charge < -0.3 is 5.32 Å². The van der Waals surface area contributed by atoms with Crippen molar-refractivity contribution < 1.29 is 4.79 Å². The molecule has 0 saturated carbocycles. The fourth-order valence-electron chi connectivity index (χ4n) is 2.38. The predicted octanol–water partition coefficient (Wildman–Crippen LogP) is 3.15. The van der Waals surface area contributed by atoms with Crippen LogP contribution in [0.3, 0.4) is 0 Å². The second-order valence-corrected chi connectivity index (χ2v) is 6.49. The second kappa shape index (κ2) is 7.00. The molecule has 0 aliphatic carbocycles. The lowest BCUT2D eigenvalue weighted by Crippen LogP contribution is -2.19. The Hall–Kier alpha value is -2.41. The summed E-state index contributed by atoms with van der Waals surface area (Å²) < 4.78 is 4.30. The molecular formula is C17H18BrN5O. The van der Waals surface area contributed by atoms with E-state index in [1.165, 1.54) is 11.1 Å². The van der Waals surface area contributed by atoms with Gasteiger partial charge in [0.15, 0.2) is 5.82 Å². The minimum absolute atomic E-state index is 0.150. The molecule has 0 fully saturated rings. The quantitative estimate of drug-likeness (QED) is 0.731. The molecule has 1 amide bonds. The first-order valence-electron chi connectivity index (χ1n) is 7.58. The van der Waals surface area contributed by atoms with Crippen molar-refractivity contribution in [1.82, 2.24) is 19.6 Å². The molecule has 0 spiro atoms. The number of carbonyl (C=O) groups excluding carboxylic acids is 1. The van der Waals surface area contributed by atoms with Gasteiger partial charge in [0.2, 0.25) is 5.91 Å². The van der Waals surface area contributed by atoms with Crippen molar-refractivity contribution >= 4 is 27.7 Å². The summed E-state index contributed by atoms with van der Waals surface area (Å²) in [5.74, 6) is 0.377. The van der Waals surface area contributed by atoms with Crippen LogP contribution in [0.15, 0.2) is 47.2 Å². The van der Waals surface area contributed by atoms with E-state index >= 15 is 0 Å². The lowest BCUT2D eigenvalue weighted by atomic mass is 10.1. The first-order valence-corrected chi connectivity index (χ1v) is 8.38. The van der Waals surface area contributed by atoms with Crippen LogP contribution in [0.4, 0.5) is 5.82 Å². The topological polar surface area (TPSA) is 64.7 Å². The monoisotopic (exact) mass is 387 g/mol. The van der Waals surface area contributed by atoms with Crippen molar-refractivity contribution in [2.24, 2.45) is 0 Å². The standard InChI is InChI=1S/C17H18BrN5O/c1-12-5-3-4-6-14(12)9-22-8-7-16(21-22)19-17(24)11-23-10-15(18)13(2)20-23/h3-8,10H,9,11H2,1-2H3,(H,19,21,24). The molecule has 0 atom stereocenters. The van der Waals surface area contributed by atoms with Crippen LogP contribution in [0, 0.1) is 13.8 Å². The van der Waals surface area contributed by atoms with E-state index in [1.54, 1.807) is 16.9 Å². The van der Waals surface area contributed by atoms with Crippen molar-refractivity contribution in [3.05, 3.63) is 64.0 Å². The van der Waals surface area contributed by atoms with E-state index in [0.29, 0.717) is 12.4 Å². The van der Waals surface area contributed by atoms with E-state index in [4.69, 9.17) is 0 Å². The average molecular weight is 388 g/mol. The summed E-state index contributed by atoms with van der Waals surface area (Å²) in [4.78, 5) is 12.1. The van der Waals surface area contributed by atoms with E-state index in [0.717, 1.165) is 10.2 Å². The van der Waals surface area contributed by atoms with Crippen LogP contribution >= 0.6 is 15.9 Å². The highest BCUT2D eigenvalue weighted by atomic mass is 79.9. The number of anilines is 1. The molecule has 0 saturated heterocycles. The molecular weight excluding hydrogens is 370 g/mol. The van der Waals surface area contributed by atoms with Crippen LogP contribution in [-0.4, -0.2) is 25.5 Å². The number of hydrogen-bond acceptors (Lipinski definition) is 3. The van der Waals surface area contributed by atoms with Crippen LogP contribution in [0.2, 0.25) is 0 Å². The van der Waals surface area contributed by atoms with Gasteiger partial charge in [0.05, 0.1) is 16.7 Å². The summed E-state index contributed by atoms with van der Waals surface area (Å²) in [5, 5.41) is 11.4. The highest BCUT2D eigenvalue weighted by Crippen LogP contribution is 2.13. The number of amides is 1. The normalized spacial score (nSPS) is 10.8. The van der Waals surface area contributed by atoms with Crippen molar-refractivity contribution in [1.29, 1.82) is 0 Å². The molecule has 0 aliphatic rings. The summed E-state index contributed by atoms with van der Waals surface area (Å²) in [5.41, 5.74) is 3.28. The molecule has 0 aliphatic heterocycles. The summed E-state index contributed by atoms with van der Waals surface area (Å²) >= 11 is 3.38. The average Bonchev–Trinajstić information content (AvgIpc) is 3.08. The van der Waals surface area contributed by atoms with Crippen molar-refractivity contribution in [3.63, 3.8) is 0 Å². The van der Waals surface area contributed by atoms with Crippen LogP contribution in [-0.2, 0) is 17.9 Å². The zero-order valence-corrected chi connectivity index (χ0v) is 15.1. The third kappa shape index (κ3) is 3.91. The van der Waals surface area contributed by atoms with Crippen LogP contribution < -0.4 is 5.32 Å². The van der Waals surface area contributed by atoms with Gasteiger partial charge >= 0.3 is 0 Å². The fourth-order valence-corrected chi connectivity index (χ4v) is 2.70. The van der Waals surface area contributed by atoms with Gasteiger partial charge in [-0.2, -0.15) is 10.2 Å². The van der Waals surface area contributed by atoms with Crippen molar-refractivity contribution in [2.45, 2.75) is 26.9 Å². The number of hydrogen-bond donors (Lipinski definition) is 1. The molecule has 24 heavy (non-hydrogen) atoms. The molecule has 2 aromatic heterocycles. The van der Waals surface area contributed by atoms with Crippen LogP contribution in [0.1, 0.15) is 16.8 Å². The highest BCUT2D eigenvalue weighted by Gasteiger charge is 2.09. The number of halogens is 1. The van der Waals surface area contributed by atoms with E-state index < -0.39 is 0 Å². The molecule has 0 radical (unpaired) electrons. The Bertz CT molecular complexity index is 848. The molecule has 3 rings (SSSR count). The van der Waals surface area contributed by atoms with Gasteiger partial charge in [-0.15, -0.1) is 0 Å². The molecule has 7 heteroatoms. The Morgan fingerprint density at radius 2 is 1.96 bits per heavy atom. The van der Waals surface area contributed by atoms with Gasteiger partial charge in [0.25, 0.3) is 0 Å². The summed E-state index contributed by atoms with van der Waals surface area (Å²) in [6, 6.07) is 9.97. The van der Waals surface area contributed by atoms with Gasteiger partial charge in [-0.1, -0.05) is 24.3 Å². The molecule has 2 heterocycles. The number of rotatable bonds is 5. The zero-order valence-electron chi connectivity index (χ0n) is 13.5. The van der Waals surface area contributed by atoms with Crippen molar-refractivity contribution in [2.75, 3.05) is 5.32 Å². The summed E-state index contributed by atoms with van der Waals surface area (Å²) in [7, 11) is 0. The zero-order chi connectivity index (χ0) is 17.1. The molecule has 6 nitrogen and oxygen atoms in total. The molecule has 0 unspecified atom stereocenters. The van der Waals surface area contributed by atoms with Crippen molar-refractivity contribution in [3.8, 4) is 0 Å². The number of aromatic nitrogens is 4. The van der Waals surface area contributed by atoms with Gasteiger partial charge in [-0.05, 0) is 40.9 Å². The maximum Gasteiger partial charge on any atom is 0.247 e. The Labute approximate surface area is 148 Å². The SMILES string of the molecule is Cc1ccccc1Cn1ccc(NC(=O)Cn2cc(Br)c(C)n2)n1. The first-order chi connectivity index (χ1) is 11.5. The van der Waals surface area contributed by atoms with E-state index in [1.807, 2.05) is 29.9 Å².